The summed E-state index contributed by atoms with van der Waals surface area (Å²) < 4.78 is 0. The zero-order valence-electron chi connectivity index (χ0n) is 14.3. The van der Waals surface area contributed by atoms with Gasteiger partial charge in [-0.3, -0.25) is 24.1 Å². The number of nitrogens with one attached hydrogen (secondary N) is 2. The van der Waals surface area contributed by atoms with Gasteiger partial charge in [-0.25, -0.2) is 0 Å². The van der Waals surface area contributed by atoms with Gasteiger partial charge in [-0.05, 0) is 32.1 Å². The fourth-order valence-corrected chi connectivity index (χ4v) is 4.39. The Kier molecular flexibility index (Phi) is 5.66. The molecule has 3 aliphatic rings. The van der Waals surface area contributed by atoms with E-state index in [0.717, 1.165) is 55.2 Å². The fourth-order valence-electron chi connectivity index (χ4n) is 3.64. The van der Waals surface area contributed by atoms with Crippen molar-refractivity contribution in [2.45, 2.75) is 57.4 Å². The third-order valence-electron chi connectivity index (χ3n) is 5.48. The van der Waals surface area contributed by atoms with Gasteiger partial charge < -0.3 is 10.6 Å². The van der Waals surface area contributed by atoms with Crippen LogP contribution in [-0.4, -0.2) is 52.7 Å². The molecule has 2 N–H and O–H groups in total. The van der Waals surface area contributed by atoms with Crippen LogP contribution in [0.25, 0.3) is 0 Å². The van der Waals surface area contributed by atoms with Gasteiger partial charge in [0, 0.05) is 19.1 Å². The molecule has 138 valence electrons. The van der Waals surface area contributed by atoms with Crippen LogP contribution in [-0.2, 0) is 14.4 Å². The van der Waals surface area contributed by atoms with Crippen LogP contribution in [0, 0.1) is 5.41 Å². The Morgan fingerprint density at radius 3 is 2.36 bits per heavy atom. The van der Waals surface area contributed by atoms with E-state index in [-0.39, 0.29) is 47.8 Å². The minimum Gasteiger partial charge on any atom is -0.353 e. The molecule has 2 saturated carbocycles. The van der Waals surface area contributed by atoms with Crippen LogP contribution in [0.3, 0.4) is 0 Å². The quantitative estimate of drug-likeness (QED) is 0.692. The molecule has 4 amide bonds. The van der Waals surface area contributed by atoms with E-state index >= 15 is 0 Å². The topological polar surface area (TPSA) is 95.6 Å². The van der Waals surface area contributed by atoms with Crippen molar-refractivity contribution in [3.8, 4) is 0 Å². The summed E-state index contributed by atoms with van der Waals surface area (Å²) in [6.07, 6.45) is 7.00. The molecule has 1 aliphatic heterocycles. The van der Waals surface area contributed by atoms with E-state index in [1.165, 1.54) is 0 Å². The van der Waals surface area contributed by atoms with Gasteiger partial charge in [-0.1, -0.05) is 31.0 Å². The van der Waals surface area contributed by atoms with Gasteiger partial charge in [0.2, 0.25) is 17.7 Å². The second-order valence-electron chi connectivity index (χ2n) is 7.10. The summed E-state index contributed by atoms with van der Waals surface area (Å²) in [4.78, 5) is 50.0. The molecule has 7 nitrogen and oxygen atoms in total. The normalized spacial score (nSPS) is 23.3. The summed E-state index contributed by atoms with van der Waals surface area (Å²) in [5, 5.41) is 5.56. The van der Waals surface area contributed by atoms with E-state index in [1.54, 1.807) is 0 Å². The predicted octanol–water partition coefficient (Wildman–Crippen LogP) is 1.42. The van der Waals surface area contributed by atoms with Gasteiger partial charge in [0.05, 0.1) is 5.75 Å². The van der Waals surface area contributed by atoms with E-state index in [0.29, 0.717) is 12.8 Å². The molecule has 0 bridgehead atoms. The molecule has 3 rings (SSSR count). The van der Waals surface area contributed by atoms with Gasteiger partial charge in [-0.2, -0.15) is 0 Å². The van der Waals surface area contributed by atoms with Gasteiger partial charge >= 0.3 is 0 Å². The van der Waals surface area contributed by atoms with Crippen molar-refractivity contribution in [1.29, 1.82) is 0 Å². The number of hydrogen-bond acceptors (Lipinski definition) is 5. The Morgan fingerprint density at radius 1 is 1.08 bits per heavy atom. The Hall–Kier alpha value is -1.57. The lowest BCUT2D eigenvalue weighted by Crippen LogP contribution is -2.56. The van der Waals surface area contributed by atoms with E-state index < -0.39 is 5.41 Å². The van der Waals surface area contributed by atoms with Crippen LogP contribution in [0.5, 0.6) is 0 Å². The maximum atomic E-state index is 12.8. The van der Waals surface area contributed by atoms with Gasteiger partial charge in [-0.15, -0.1) is 0 Å². The molecule has 0 aromatic rings. The average Bonchev–Trinajstić information content (AvgIpc) is 2.90. The minimum atomic E-state index is -0.998. The van der Waals surface area contributed by atoms with Crippen molar-refractivity contribution < 1.29 is 19.2 Å². The van der Waals surface area contributed by atoms with Crippen molar-refractivity contribution in [2.24, 2.45) is 5.41 Å². The smallest absolute Gasteiger partial charge is 0.288 e. The average molecular weight is 367 g/mol. The van der Waals surface area contributed by atoms with Crippen molar-refractivity contribution in [1.82, 2.24) is 15.5 Å². The second kappa shape index (κ2) is 7.76. The van der Waals surface area contributed by atoms with Crippen molar-refractivity contribution in [2.75, 3.05) is 18.8 Å². The van der Waals surface area contributed by atoms with Crippen LogP contribution in [0.15, 0.2) is 0 Å². The van der Waals surface area contributed by atoms with Crippen LogP contribution < -0.4 is 10.6 Å². The number of rotatable bonds is 6. The molecular formula is C17H25N3O4S. The van der Waals surface area contributed by atoms with E-state index in [4.69, 9.17) is 0 Å². The first kappa shape index (κ1) is 18.2. The Morgan fingerprint density at radius 2 is 1.80 bits per heavy atom. The first-order chi connectivity index (χ1) is 12.0. The first-order valence-electron chi connectivity index (χ1n) is 9.09. The monoisotopic (exact) mass is 367 g/mol. The van der Waals surface area contributed by atoms with Gasteiger partial charge in [0.25, 0.3) is 5.24 Å². The second-order valence-corrected chi connectivity index (χ2v) is 8.03. The molecule has 0 spiro atoms. The number of imide groups is 1. The summed E-state index contributed by atoms with van der Waals surface area (Å²) in [6, 6.07) is 0.205. The number of carbonyl (C=O) groups is 4. The number of thioether (sulfide) groups is 1. The fraction of sp³-hybridized carbons (Fsp3) is 0.765. The van der Waals surface area contributed by atoms with E-state index in [2.05, 4.69) is 10.6 Å². The summed E-state index contributed by atoms with van der Waals surface area (Å²) >= 11 is 0.981. The molecule has 0 aromatic heterocycles. The Labute approximate surface area is 151 Å². The van der Waals surface area contributed by atoms with E-state index in [9.17, 15) is 19.2 Å². The highest BCUT2D eigenvalue weighted by Gasteiger charge is 2.47. The van der Waals surface area contributed by atoms with Crippen LogP contribution in [0.4, 0.5) is 4.79 Å². The number of amides is 4. The summed E-state index contributed by atoms with van der Waals surface area (Å²) in [5.41, 5.74) is -0.998. The molecule has 25 heavy (non-hydrogen) atoms. The van der Waals surface area contributed by atoms with Crippen LogP contribution in [0.2, 0.25) is 0 Å². The summed E-state index contributed by atoms with van der Waals surface area (Å²) in [6.45, 7) is 0.353. The number of nitrogens with zero attached hydrogens (tertiary/aromatic N) is 1. The van der Waals surface area contributed by atoms with E-state index in [1.807, 2.05) is 0 Å². The third kappa shape index (κ3) is 3.83. The molecule has 1 saturated heterocycles. The zero-order valence-corrected chi connectivity index (χ0v) is 15.2. The maximum Gasteiger partial charge on any atom is 0.288 e. The maximum absolute atomic E-state index is 12.8. The highest BCUT2D eigenvalue weighted by molar-refractivity contribution is 8.14. The third-order valence-corrected chi connectivity index (χ3v) is 6.34. The number of hydrogen-bond donors (Lipinski definition) is 2. The molecule has 0 atom stereocenters. The molecule has 8 heteroatoms. The molecule has 1 heterocycles. The molecular weight excluding hydrogens is 342 g/mol. The summed E-state index contributed by atoms with van der Waals surface area (Å²) in [5.74, 6) is -0.478. The lowest BCUT2D eigenvalue weighted by Gasteiger charge is -2.37. The van der Waals surface area contributed by atoms with Crippen molar-refractivity contribution in [3.05, 3.63) is 0 Å². The van der Waals surface area contributed by atoms with Crippen LogP contribution >= 0.6 is 11.8 Å². The highest BCUT2D eigenvalue weighted by atomic mass is 32.2. The summed E-state index contributed by atoms with van der Waals surface area (Å²) in [7, 11) is 0. The van der Waals surface area contributed by atoms with Gasteiger partial charge in [0.1, 0.15) is 5.41 Å². The molecule has 0 unspecified atom stereocenters. The molecule has 0 aromatic carbocycles. The van der Waals surface area contributed by atoms with Crippen molar-refractivity contribution >= 4 is 34.7 Å². The Balaban J connectivity index is 1.58. The lowest BCUT2D eigenvalue weighted by atomic mass is 9.72. The zero-order chi connectivity index (χ0) is 17.9. The lowest BCUT2D eigenvalue weighted by molar-refractivity contribution is -0.147. The highest BCUT2D eigenvalue weighted by Crippen LogP contribution is 2.37. The largest absolute Gasteiger partial charge is 0.353 e. The molecule has 2 aliphatic carbocycles. The SMILES string of the molecule is O=C1CSC(=O)N1CCNC(=O)C1(C(=O)NC2CCC2)CCCCC1. The Bertz CT molecular complexity index is 554. The minimum absolute atomic E-state index is 0.154. The first-order valence-corrected chi connectivity index (χ1v) is 10.1. The number of carbonyl (C=O) groups excluding carboxylic acids is 4. The van der Waals surface area contributed by atoms with Gasteiger partial charge in [0.15, 0.2) is 0 Å². The molecule has 0 radical (unpaired) electrons. The van der Waals surface area contributed by atoms with Crippen LogP contribution in [0.1, 0.15) is 51.4 Å². The van der Waals surface area contributed by atoms with Crippen molar-refractivity contribution in [3.63, 3.8) is 0 Å². The predicted molar refractivity (Wildman–Crippen MR) is 93.9 cm³/mol. The molecule has 3 fully saturated rings. The standard InChI is InChI=1S/C17H25N3O4S/c21-13-11-25-16(24)20(13)10-9-18-14(22)17(7-2-1-3-8-17)15(23)19-12-5-4-6-12/h12H,1-11H2,(H,18,22)(H,19,23).